The Labute approximate surface area is 90.2 Å². The third kappa shape index (κ3) is 5.88. The number of esters is 2. The maximum Gasteiger partial charge on any atom is 0.333 e. The Morgan fingerprint density at radius 1 is 1.20 bits per heavy atom. The summed E-state index contributed by atoms with van der Waals surface area (Å²) in [5, 5.41) is 0. The molecule has 0 bridgehead atoms. The van der Waals surface area contributed by atoms with Crippen molar-refractivity contribution in [3.05, 3.63) is 11.6 Å². The minimum Gasteiger partial charge on any atom is -0.469 e. The fourth-order valence-corrected chi connectivity index (χ4v) is 0.964. The number of rotatable bonds is 5. The number of hydrogen-bond acceptors (Lipinski definition) is 4. The van der Waals surface area contributed by atoms with E-state index in [4.69, 9.17) is 0 Å². The van der Waals surface area contributed by atoms with Crippen molar-refractivity contribution >= 4 is 11.9 Å². The molecule has 0 aliphatic carbocycles. The summed E-state index contributed by atoms with van der Waals surface area (Å²) in [6, 6.07) is 0. The van der Waals surface area contributed by atoms with Crippen LogP contribution in [-0.2, 0) is 19.1 Å². The summed E-state index contributed by atoms with van der Waals surface area (Å²) in [6.07, 6.45) is 2.44. The van der Waals surface area contributed by atoms with Gasteiger partial charge in [-0.1, -0.05) is 19.9 Å². The van der Waals surface area contributed by atoms with E-state index < -0.39 is 11.9 Å². The highest BCUT2D eigenvalue weighted by molar-refractivity contribution is 5.93. The van der Waals surface area contributed by atoms with Crippen molar-refractivity contribution in [2.24, 2.45) is 5.92 Å². The average Bonchev–Trinajstić information content (AvgIpc) is 2.22. The minimum absolute atomic E-state index is 0.0319. The molecule has 0 fully saturated rings. The van der Waals surface area contributed by atoms with Crippen molar-refractivity contribution in [2.45, 2.75) is 26.7 Å². The molecule has 0 spiro atoms. The van der Waals surface area contributed by atoms with Crippen molar-refractivity contribution in [3.8, 4) is 0 Å². The molecule has 0 N–H and O–H groups in total. The van der Waals surface area contributed by atoms with E-state index in [0.29, 0.717) is 11.5 Å². The lowest BCUT2D eigenvalue weighted by atomic mass is 10.1. The summed E-state index contributed by atoms with van der Waals surface area (Å²) >= 11 is 0. The molecule has 0 aliphatic rings. The van der Waals surface area contributed by atoms with Crippen LogP contribution >= 0.6 is 0 Å². The van der Waals surface area contributed by atoms with Crippen molar-refractivity contribution in [1.82, 2.24) is 0 Å². The van der Waals surface area contributed by atoms with E-state index in [1.165, 1.54) is 14.2 Å². The molecule has 0 amide bonds. The molecule has 0 radical (unpaired) electrons. The van der Waals surface area contributed by atoms with Gasteiger partial charge in [-0.2, -0.15) is 0 Å². The SMILES string of the molecule is COC(=O)C/C(=C/CC(C)C)C(=O)OC. The molecule has 0 saturated heterocycles. The lowest BCUT2D eigenvalue weighted by Gasteiger charge is -2.05. The maximum atomic E-state index is 11.3. The average molecular weight is 214 g/mol. The summed E-state index contributed by atoms with van der Waals surface area (Å²) < 4.78 is 9.07. The molecular weight excluding hydrogens is 196 g/mol. The predicted molar refractivity (Wildman–Crippen MR) is 56.2 cm³/mol. The van der Waals surface area contributed by atoms with Gasteiger partial charge in [-0.3, -0.25) is 4.79 Å². The first-order chi connectivity index (χ1) is 7.01. The van der Waals surface area contributed by atoms with E-state index >= 15 is 0 Å². The summed E-state index contributed by atoms with van der Waals surface area (Å²) in [6.45, 7) is 4.06. The van der Waals surface area contributed by atoms with E-state index in [1.807, 2.05) is 13.8 Å². The zero-order valence-corrected chi connectivity index (χ0v) is 9.70. The molecule has 4 heteroatoms. The molecule has 4 nitrogen and oxygen atoms in total. The van der Waals surface area contributed by atoms with Gasteiger partial charge in [0.15, 0.2) is 0 Å². The van der Waals surface area contributed by atoms with E-state index in [9.17, 15) is 9.59 Å². The van der Waals surface area contributed by atoms with Gasteiger partial charge in [0.05, 0.1) is 20.6 Å². The van der Waals surface area contributed by atoms with Crippen LogP contribution in [0.4, 0.5) is 0 Å². The number of allylic oxidation sites excluding steroid dienone is 1. The largest absolute Gasteiger partial charge is 0.469 e. The molecule has 0 aromatic heterocycles. The Hall–Kier alpha value is -1.32. The molecule has 0 aliphatic heterocycles. The standard InChI is InChI=1S/C11H18O4/c1-8(2)5-6-9(11(13)15-4)7-10(12)14-3/h6,8H,5,7H2,1-4H3/b9-6-. The highest BCUT2D eigenvalue weighted by atomic mass is 16.5. The Morgan fingerprint density at radius 3 is 2.20 bits per heavy atom. The Balaban J connectivity index is 4.50. The van der Waals surface area contributed by atoms with Crippen LogP contribution in [0.1, 0.15) is 26.7 Å². The molecular formula is C11H18O4. The van der Waals surface area contributed by atoms with E-state index in [-0.39, 0.29) is 6.42 Å². The van der Waals surface area contributed by atoms with Gasteiger partial charge in [-0.05, 0) is 12.3 Å². The van der Waals surface area contributed by atoms with Crippen LogP contribution in [0.5, 0.6) is 0 Å². The zero-order chi connectivity index (χ0) is 11.8. The second-order valence-corrected chi connectivity index (χ2v) is 3.60. The van der Waals surface area contributed by atoms with Crippen LogP contribution in [0.2, 0.25) is 0 Å². The molecule has 0 aromatic rings. The number of carbonyl (C=O) groups is 2. The molecule has 0 saturated carbocycles. The first-order valence-corrected chi connectivity index (χ1v) is 4.85. The monoisotopic (exact) mass is 214 g/mol. The maximum absolute atomic E-state index is 11.3. The van der Waals surface area contributed by atoms with Gasteiger partial charge in [0, 0.05) is 5.57 Å². The summed E-state index contributed by atoms with van der Waals surface area (Å²) in [5.41, 5.74) is 0.359. The van der Waals surface area contributed by atoms with E-state index in [2.05, 4.69) is 9.47 Å². The summed E-state index contributed by atoms with van der Waals surface area (Å²) in [4.78, 5) is 22.3. The van der Waals surface area contributed by atoms with Gasteiger partial charge in [-0.25, -0.2) is 4.79 Å². The second-order valence-electron chi connectivity index (χ2n) is 3.60. The number of methoxy groups -OCH3 is 2. The van der Waals surface area contributed by atoms with Gasteiger partial charge in [0.2, 0.25) is 0 Å². The van der Waals surface area contributed by atoms with Crippen molar-refractivity contribution < 1.29 is 19.1 Å². The van der Waals surface area contributed by atoms with Gasteiger partial charge in [-0.15, -0.1) is 0 Å². The molecule has 0 aromatic carbocycles. The predicted octanol–water partition coefficient (Wildman–Crippen LogP) is 1.70. The third-order valence-electron chi connectivity index (χ3n) is 1.85. The third-order valence-corrected chi connectivity index (χ3v) is 1.85. The second kappa shape index (κ2) is 7.04. The van der Waals surface area contributed by atoms with Crippen molar-refractivity contribution in [1.29, 1.82) is 0 Å². The van der Waals surface area contributed by atoms with Crippen LogP contribution < -0.4 is 0 Å². The van der Waals surface area contributed by atoms with Crippen molar-refractivity contribution in [2.75, 3.05) is 14.2 Å². The number of ether oxygens (including phenoxy) is 2. The van der Waals surface area contributed by atoms with E-state index in [0.717, 1.165) is 6.42 Å². The number of carbonyl (C=O) groups excluding carboxylic acids is 2. The number of hydrogen-bond donors (Lipinski definition) is 0. The summed E-state index contributed by atoms with van der Waals surface area (Å²) in [7, 11) is 2.59. The normalized spacial score (nSPS) is 11.4. The Bertz CT molecular complexity index is 253. The molecule has 0 atom stereocenters. The topological polar surface area (TPSA) is 52.6 Å². The molecule has 0 unspecified atom stereocenters. The van der Waals surface area contributed by atoms with Gasteiger partial charge in [0.25, 0.3) is 0 Å². The smallest absolute Gasteiger partial charge is 0.333 e. The van der Waals surface area contributed by atoms with Crippen LogP contribution in [-0.4, -0.2) is 26.2 Å². The molecule has 0 heterocycles. The fraction of sp³-hybridized carbons (Fsp3) is 0.636. The van der Waals surface area contributed by atoms with Crippen molar-refractivity contribution in [3.63, 3.8) is 0 Å². The highest BCUT2D eigenvalue weighted by Gasteiger charge is 2.14. The lowest BCUT2D eigenvalue weighted by Crippen LogP contribution is -2.11. The first-order valence-electron chi connectivity index (χ1n) is 4.85. The Morgan fingerprint density at radius 2 is 1.80 bits per heavy atom. The highest BCUT2D eigenvalue weighted by Crippen LogP contribution is 2.10. The summed E-state index contributed by atoms with van der Waals surface area (Å²) in [5.74, 6) is -0.473. The van der Waals surface area contributed by atoms with Gasteiger partial charge >= 0.3 is 11.9 Å². The molecule has 15 heavy (non-hydrogen) atoms. The van der Waals surface area contributed by atoms with Crippen LogP contribution in [0.3, 0.4) is 0 Å². The quantitative estimate of drug-likeness (QED) is 0.516. The van der Waals surface area contributed by atoms with Crippen LogP contribution in [0.15, 0.2) is 11.6 Å². The van der Waals surface area contributed by atoms with E-state index in [1.54, 1.807) is 6.08 Å². The Kier molecular flexibility index (Phi) is 6.42. The lowest BCUT2D eigenvalue weighted by molar-refractivity contribution is -0.143. The minimum atomic E-state index is -0.471. The first kappa shape index (κ1) is 13.7. The van der Waals surface area contributed by atoms with Gasteiger partial charge in [0.1, 0.15) is 0 Å². The van der Waals surface area contributed by atoms with Crippen LogP contribution in [0, 0.1) is 5.92 Å². The van der Waals surface area contributed by atoms with Crippen LogP contribution in [0.25, 0.3) is 0 Å². The molecule has 0 rings (SSSR count). The zero-order valence-electron chi connectivity index (χ0n) is 9.70. The fourth-order valence-electron chi connectivity index (χ4n) is 0.964. The van der Waals surface area contributed by atoms with Gasteiger partial charge < -0.3 is 9.47 Å². The molecule has 86 valence electrons.